The van der Waals surface area contributed by atoms with E-state index in [1.165, 1.54) is 68.4 Å². The average molecular weight is 511 g/mol. The predicted octanol–water partition coefficient (Wildman–Crippen LogP) is 4.58. The normalized spacial score (nSPS) is 23.1. The molecule has 1 aliphatic carbocycles. The van der Waals surface area contributed by atoms with Crippen LogP contribution in [0, 0.1) is 5.92 Å². The molecule has 0 atom stereocenters. The lowest BCUT2D eigenvalue weighted by molar-refractivity contribution is 0.0919. The number of ether oxygens (including phenoxy) is 1. The molecule has 5 rings (SSSR count). The van der Waals surface area contributed by atoms with Gasteiger partial charge in [0.05, 0.1) is 11.5 Å². The summed E-state index contributed by atoms with van der Waals surface area (Å²) >= 11 is 0. The van der Waals surface area contributed by atoms with Crippen molar-refractivity contribution < 1.29 is 17.9 Å². The molecule has 0 bridgehead atoms. The second-order valence-electron chi connectivity index (χ2n) is 10.8. The Hall–Kier alpha value is -2.38. The maximum atomic E-state index is 12.6. The molecule has 2 aromatic rings. The van der Waals surface area contributed by atoms with E-state index >= 15 is 0 Å². The molecular weight excluding hydrogens is 472 g/mol. The van der Waals surface area contributed by atoms with Crippen LogP contribution < -0.4 is 10.1 Å². The minimum atomic E-state index is -3.25. The van der Waals surface area contributed by atoms with Crippen LogP contribution >= 0.6 is 0 Å². The van der Waals surface area contributed by atoms with Crippen molar-refractivity contribution in [3.8, 4) is 5.75 Å². The summed E-state index contributed by atoms with van der Waals surface area (Å²) in [5.41, 5.74) is 3.49. The summed E-state index contributed by atoms with van der Waals surface area (Å²) in [5.74, 6) is 2.39. The number of benzene rings is 2. The summed E-state index contributed by atoms with van der Waals surface area (Å²) in [7, 11) is -3.25. The predicted molar refractivity (Wildman–Crippen MR) is 141 cm³/mol. The van der Waals surface area contributed by atoms with Gasteiger partial charge < -0.3 is 15.0 Å². The summed E-state index contributed by atoms with van der Waals surface area (Å²) in [6.45, 7) is 4.37. The van der Waals surface area contributed by atoms with Gasteiger partial charge in [0.15, 0.2) is 9.84 Å². The highest BCUT2D eigenvalue weighted by Crippen LogP contribution is 2.37. The smallest absolute Gasteiger partial charge is 0.251 e. The molecule has 36 heavy (non-hydrogen) atoms. The molecule has 0 aromatic heterocycles. The summed E-state index contributed by atoms with van der Waals surface area (Å²) in [6.07, 6.45) is 10.3. The van der Waals surface area contributed by atoms with Gasteiger partial charge in [0.25, 0.3) is 5.91 Å². The van der Waals surface area contributed by atoms with Crippen molar-refractivity contribution in [1.29, 1.82) is 0 Å². The van der Waals surface area contributed by atoms with Crippen molar-refractivity contribution in [2.24, 2.45) is 5.92 Å². The lowest BCUT2D eigenvalue weighted by atomic mass is 9.83. The zero-order valence-corrected chi connectivity index (χ0v) is 22.1. The number of fused-ring (bicyclic) bond motifs is 1. The van der Waals surface area contributed by atoms with E-state index in [0.717, 1.165) is 50.4 Å². The molecule has 0 unspecified atom stereocenters. The summed E-state index contributed by atoms with van der Waals surface area (Å²) < 4.78 is 29.0. The number of likely N-dealkylation sites (tertiary alicyclic amines) is 1. The number of sulfone groups is 1. The lowest BCUT2D eigenvalue weighted by Crippen LogP contribution is -2.38. The van der Waals surface area contributed by atoms with Crippen LogP contribution in [0.4, 0.5) is 0 Å². The van der Waals surface area contributed by atoms with E-state index in [1.54, 1.807) is 12.1 Å². The molecule has 1 N–H and O–H groups in total. The van der Waals surface area contributed by atoms with Gasteiger partial charge in [0.2, 0.25) is 0 Å². The zero-order valence-electron chi connectivity index (χ0n) is 21.2. The van der Waals surface area contributed by atoms with Crippen molar-refractivity contribution in [2.75, 3.05) is 32.5 Å². The van der Waals surface area contributed by atoms with Gasteiger partial charge in [0, 0.05) is 29.8 Å². The summed E-state index contributed by atoms with van der Waals surface area (Å²) in [6, 6.07) is 13.0. The molecule has 0 radical (unpaired) electrons. The van der Waals surface area contributed by atoms with Crippen molar-refractivity contribution in [2.45, 2.75) is 68.2 Å². The van der Waals surface area contributed by atoms with Gasteiger partial charge in [-0.25, -0.2) is 8.42 Å². The Morgan fingerprint density at radius 1 is 1.00 bits per heavy atom. The van der Waals surface area contributed by atoms with Crippen molar-refractivity contribution in [3.05, 3.63) is 59.2 Å². The fourth-order valence-corrected chi connectivity index (χ4v) is 6.81. The average Bonchev–Trinajstić information content (AvgIpc) is 3.37. The van der Waals surface area contributed by atoms with Gasteiger partial charge >= 0.3 is 0 Å². The van der Waals surface area contributed by atoms with Crippen molar-refractivity contribution in [1.82, 2.24) is 10.2 Å². The Labute approximate surface area is 215 Å². The lowest BCUT2D eigenvalue weighted by Gasteiger charge is -2.35. The molecule has 1 saturated heterocycles. The van der Waals surface area contributed by atoms with E-state index in [2.05, 4.69) is 28.4 Å². The van der Waals surface area contributed by atoms with Gasteiger partial charge in [-0.05, 0) is 112 Å². The topological polar surface area (TPSA) is 75.7 Å². The van der Waals surface area contributed by atoms with E-state index in [4.69, 9.17) is 4.74 Å². The van der Waals surface area contributed by atoms with Crippen molar-refractivity contribution in [3.63, 3.8) is 0 Å². The van der Waals surface area contributed by atoms with Crippen LogP contribution in [0.5, 0.6) is 5.75 Å². The van der Waals surface area contributed by atoms with Crippen molar-refractivity contribution >= 4 is 15.7 Å². The number of hydrogen-bond donors (Lipinski definition) is 1. The molecule has 6 nitrogen and oxygen atoms in total. The van der Waals surface area contributed by atoms with Gasteiger partial charge in [-0.2, -0.15) is 0 Å². The highest BCUT2D eigenvalue weighted by molar-refractivity contribution is 7.90. The number of amides is 1. The number of nitrogens with zero attached hydrogens (tertiary/aromatic N) is 1. The third-order valence-corrected chi connectivity index (χ3v) is 9.51. The third-order valence-electron chi connectivity index (χ3n) is 8.39. The zero-order chi connectivity index (χ0) is 25.1. The number of rotatable bonds is 7. The van der Waals surface area contributed by atoms with Gasteiger partial charge in [-0.3, -0.25) is 4.79 Å². The Kier molecular flexibility index (Phi) is 7.68. The SMILES string of the molecule is CS(=O)(=O)c1ccc(C(=O)N[C@H]2CC[C@H](CCN3CCC(c4cccc5c4CCO5)CC3)CC2)cc1. The second kappa shape index (κ2) is 10.9. The van der Waals surface area contributed by atoms with Crippen LogP contribution in [0.3, 0.4) is 0 Å². The molecule has 2 heterocycles. The molecule has 1 amide bonds. The number of carbonyl (C=O) groups is 1. The Balaban J connectivity index is 1.02. The number of piperidine rings is 1. The van der Waals surface area contributed by atoms with E-state index in [-0.39, 0.29) is 16.8 Å². The fourth-order valence-electron chi connectivity index (χ4n) is 6.18. The summed E-state index contributed by atoms with van der Waals surface area (Å²) in [4.78, 5) is 15.5. The van der Waals surface area contributed by atoms with Gasteiger partial charge in [0.1, 0.15) is 5.75 Å². The fraction of sp³-hybridized carbons (Fsp3) is 0.552. The molecule has 2 aliphatic heterocycles. The maximum absolute atomic E-state index is 12.6. The Morgan fingerprint density at radius 2 is 1.72 bits per heavy atom. The second-order valence-corrected chi connectivity index (χ2v) is 12.8. The van der Waals surface area contributed by atoms with Crippen LogP contribution in [-0.4, -0.2) is 57.8 Å². The number of nitrogens with one attached hydrogen (secondary N) is 1. The van der Waals surface area contributed by atoms with Crippen LogP contribution in [0.2, 0.25) is 0 Å². The van der Waals surface area contributed by atoms with E-state index in [0.29, 0.717) is 11.5 Å². The number of carbonyl (C=O) groups excluding carboxylic acids is 1. The first-order valence-electron chi connectivity index (χ1n) is 13.4. The quantitative estimate of drug-likeness (QED) is 0.590. The standard InChI is InChI=1S/C29H38N2O4S/c1-36(33,34)25-11-7-23(8-12-25)29(32)30-24-9-5-21(6-10-24)13-17-31-18-14-22(15-19-31)26-3-2-4-28-27(26)16-20-35-28/h2-4,7-8,11-12,21-22,24H,5-6,9-10,13-20H2,1H3,(H,30,32)/t21-,24-. The molecule has 2 aromatic carbocycles. The minimum Gasteiger partial charge on any atom is -0.493 e. The first kappa shape index (κ1) is 25.3. The molecule has 3 aliphatic rings. The van der Waals surface area contributed by atoms with Gasteiger partial charge in [-0.15, -0.1) is 0 Å². The van der Waals surface area contributed by atoms with Gasteiger partial charge in [-0.1, -0.05) is 12.1 Å². The Bertz CT molecular complexity index is 1160. The Morgan fingerprint density at radius 3 is 2.42 bits per heavy atom. The first-order chi connectivity index (χ1) is 17.4. The summed E-state index contributed by atoms with van der Waals surface area (Å²) in [5, 5.41) is 3.15. The molecule has 7 heteroatoms. The monoisotopic (exact) mass is 510 g/mol. The highest BCUT2D eigenvalue weighted by Gasteiger charge is 2.27. The number of hydrogen-bond acceptors (Lipinski definition) is 5. The highest BCUT2D eigenvalue weighted by atomic mass is 32.2. The minimum absolute atomic E-state index is 0.114. The molecule has 2 fully saturated rings. The molecule has 1 saturated carbocycles. The van der Waals surface area contributed by atoms with E-state index in [9.17, 15) is 13.2 Å². The van der Waals surface area contributed by atoms with E-state index < -0.39 is 9.84 Å². The first-order valence-corrected chi connectivity index (χ1v) is 15.3. The molecule has 194 valence electrons. The van der Waals surface area contributed by atoms with Crippen LogP contribution in [0.25, 0.3) is 0 Å². The largest absolute Gasteiger partial charge is 0.493 e. The van der Waals surface area contributed by atoms with Crippen LogP contribution in [0.1, 0.15) is 72.3 Å². The van der Waals surface area contributed by atoms with Crippen LogP contribution in [0.15, 0.2) is 47.4 Å². The van der Waals surface area contributed by atoms with Crippen LogP contribution in [-0.2, 0) is 16.3 Å². The van der Waals surface area contributed by atoms with E-state index in [1.807, 2.05) is 0 Å². The molecular formula is C29H38N2O4S. The third kappa shape index (κ3) is 5.94. The molecule has 0 spiro atoms. The maximum Gasteiger partial charge on any atom is 0.251 e.